The summed E-state index contributed by atoms with van der Waals surface area (Å²) in [4.78, 5) is 0. The molecule has 3 rings (SSSR count). The quantitative estimate of drug-likeness (QED) is 0.621. The van der Waals surface area contributed by atoms with E-state index in [-0.39, 0.29) is 0 Å². The Morgan fingerprint density at radius 2 is 1.82 bits per heavy atom. The summed E-state index contributed by atoms with van der Waals surface area (Å²) in [5.41, 5.74) is 0.734. The largest absolute Gasteiger partial charge is 0.0651 e. The van der Waals surface area contributed by atoms with Crippen molar-refractivity contribution >= 4 is 0 Å². The smallest absolute Gasteiger partial charge is 0.0264 e. The molecule has 0 heterocycles. The topological polar surface area (TPSA) is 0 Å². The summed E-state index contributed by atoms with van der Waals surface area (Å²) in [6.45, 7) is 10.0. The summed E-state index contributed by atoms with van der Waals surface area (Å²) in [5.74, 6) is 6.42. The van der Waals surface area contributed by atoms with Crippen molar-refractivity contribution in [3.8, 4) is 0 Å². The second kappa shape index (κ2) is 4.00. The van der Waals surface area contributed by atoms with Crippen LogP contribution in [0.25, 0.3) is 0 Å². The molecule has 0 nitrogen and oxygen atoms in total. The molecule has 0 aromatic rings. The van der Waals surface area contributed by atoms with Gasteiger partial charge in [0.25, 0.3) is 0 Å². The summed E-state index contributed by atoms with van der Waals surface area (Å²) in [6.07, 6.45) is 9.08. The highest BCUT2D eigenvalue weighted by atomic mass is 14.6. The van der Waals surface area contributed by atoms with E-state index in [0.29, 0.717) is 0 Å². The molecule has 0 N–H and O–H groups in total. The lowest BCUT2D eigenvalue weighted by molar-refractivity contribution is 0.151. The average molecular weight is 234 g/mol. The van der Waals surface area contributed by atoms with Crippen LogP contribution < -0.4 is 0 Å². The van der Waals surface area contributed by atoms with Gasteiger partial charge in [0, 0.05) is 0 Å². The Bertz CT molecular complexity index is 294. The minimum absolute atomic E-state index is 0.734. The molecule has 0 radical (unpaired) electrons. The Hall–Kier alpha value is 0. The van der Waals surface area contributed by atoms with Crippen LogP contribution in [0, 0.1) is 40.9 Å². The van der Waals surface area contributed by atoms with Gasteiger partial charge in [-0.2, -0.15) is 0 Å². The van der Waals surface area contributed by atoms with E-state index >= 15 is 0 Å². The average Bonchev–Trinajstić information content (AvgIpc) is 2.84. The summed E-state index contributed by atoms with van der Waals surface area (Å²) in [7, 11) is 0. The second-order valence-corrected chi connectivity index (χ2v) is 7.61. The Kier molecular flexibility index (Phi) is 2.84. The summed E-state index contributed by atoms with van der Waals surface area (Å²) >= 11 is 0. The van der Waals surface area contributed by atoms with Crippen LogP contribution in [0.5, 0.6) is 0 Å². The standard InChI is InChI=1S/C17H30/c1-5-12-7-8-16-14-9-11(3)13(6-2)15(14)10-17(12,16)4/h11-16H,5-10H2,1-4H3. The Balaban J connectivity index is 1.86. The zero-order valence-electron chi connectivity index (χ0n) is 12.2. The molecule has 0 saturated heterocycles. The van der Waals surface area contributed by atoms with Crippen molar-refractivity contribution in [3.05, 3.63) is 0 Å². The van der Waals surface area contributed by atoms with Crippen molar-refractivity contribution in [2.24, 2.45) is 40.9 Å². The first kappa shape index (κ1) is 12.1. The van der Waals surface area contributed by atoms with Crippen molar-refractivity contribution in [2.45, 2.75) is 66.2 Å². The van der Waals surface area contributed by atoms with Gasteiger partial charge in [-0.3, -0.25) is 0 Å². The van der Waals surface area contributed by atoms with Gasteiger partial charge in [-0.25, -0.2) is 0 Å². The maximum atomic E-state index is 2.65. The second-order valence-electron chi connectivity index (χ2n) is 7.61. The fourth-order valence-electron chi connectivity index (χ4n) is 6.53. The molecule has 0 heteroatoms. The summed E-state index contributed by atoms with van der Waals surface area (Å²) < 4.78 is 0. The molecule has 3 fully saturated rings. The van der Waals surface area contributed by atoms with Crippen LogP contribution in [0.3, 0.4) is 0 Å². The molecule has 0 amide bonds. The molecule has 3 aliphatic rings. The molecule has 17 heavy (non-hydrogen) atoms. The van der Waals surface area contributed by atoms with Crippen LogP contribution in [0.15, 0.2) is 0 Å². The zero-order chi connectivity index (χ0) is 12.2. The van der Waals surface area contributed by atoms with Crippen molar-refractivity contribution < 1.29 is 0 Å². The van der Waals surface area contributed by atoms with E-state index in [9.17, 15) is 0 Å². The molecular formula is C17H30. The van der Waals surface area contributed by atoms with E-state index in [0.717, 1.165) is 40.9 Å². The molecular weight excluding hydrogens is 204 g/mol. The van der Waals surface area contributed by atoms with Gasteiger partial charge >= 0.3 is 0 Å². The minimum atomic E-state index is 0.734. The third-order valence-electron chi connectivity index (χ3n) is 7.24. The van der Waals surface area contributed by atoms with Gasteiger partial charge < -0.3 is 0 Å². The number of hydrogen-bond donors (Lipinski definition) is 0. The molecule has 3 saturated carbocycles. The SMILES string of the molecule is CCC1C(C)CC2C1CC1(C)C(CC)CCC21. The third kappa shape index (κ3) is 1.48. The van der Waals surface area contributed by atoms with Crippen molar-refractivity contribution in [3.63, 3.8) is 0 Å². The van der Waals surface area contributed by atoms with Gasteiger partial charge in [0.2, 0.25) is 0 Å². The lowest BCUT2D eigenvalue weighted by Gasteiger charge is -2.34. The maximum Gasteiger partial charge on any atom is -0.0264 e. The van der Waals surface area contributed by atoms with Crippen LogP contribution in [0.4, 0.5) is 0 Å². The summed E-state index contributed by atoms with van der Waals surface area (Å²) in [6, 6.07) is 0. The molecule has 0 aliphatic heterocycles. The van der Waals surface area contributed by atoms with Crippen molar-refractivity contribution in [1.82, 2.24) is 0 Å². The first-order valence-electron chi connectivity index (χ1n) is 8.11. The lowest BCUT2D eigenvalue weighted by Crippen LogP contribution is -2.26. The zero-order valence-corrected chi connectivity index (χ0v) is 12.2. The minimum Gasteiger partial charge on any atom is -0.0651 e. The molecule has 3 aliphatic carbocycles. The lowest BCUT2D eigenvalue weighted by atomic mass is 9.71. The van der Waals surface area contributed by atoms with Gasteiger partial charge in [-0.15, -0.1) is 0 Å². The molecule has 7 unspecified atom stereocenters. The van der Waals surface area contributed by atoms with Crippen LogP contribution in [0.1, 0.15) is 66.2 Å². The van der Waals surface area contributed by atoms with E-state index in [1.54, 1.807) is 19.3 Å². The Labute approximate surface area is 108 Å². The van der Waals surface area contributed by atoms with Crippen LogP contribution in [-0.4, -0.2) is 0 Å². The monoisotopic (exact) mass is 234 g/mol. The summed E-state index contributed by atoms with van der Waals surface area (Å²) in [5, 5.41) is 0. The molecule has 0 bridgehead atoms. The van der Waals surface area contributed by atoms with E-state index < -0.39 is 0 Å². The fraction of sp³-hybridized carbons (Fsp3) is 1.00. The highest BCUT2D eigenvalue weighted by molar-refractivity contribution is 5.09. The van der Waals surface area contributed by atoms with Gasteiger partial charge in [0.1, 0.15) is 0 Å². The van der Waals surface area contributed by atoms with Gasteiger partial charge in [-0.05, 0) is 66.6 Å². The van der Waals surface area contributed by atoms with Gasteiger partial charge in [0.05, 0.1) is 0 Å². The number of hydrogen-bond acceptors (Lipinski definition) is 0. The first-order chi connectivity index (χ1) is 8.11. The van der Waals surface area contributed by atoms with Crippen molar-refractivity contribution in [2.75, 3.05) is 0 Å². The Morgan fingerprint density at radius 1 is 1.06 bits per heavy atom. The first-order valence-corrected chi connectivity index (χ1v) is 8.11. The van der Waals surface area contributed by atoms with E-state index in [4.69, 9.17) is 0 Å². The molecule has 0 aromatic heterocycles. The van der Waals surface area contributed by atoms with E-state index in [1.165, 1.54) is 19.3 Å². The highest BCUT2D eigenvalue weighted by Crippen LogP contribution is 2.68. The number of rotatable bonds is 2. The van der Waals surface area contributed by atoms with Crippen molar-refractivity contribution in [1.29, 1.82) is 0 Å². The molecule has 7 atom stereocenters. The highest BCUT2D eigenvalue weighted by Gasteiger charge is 2.60. The third-order valence-corrected chi connectivity index (χ3v) is 7.24. The van der Waals surface area contributed by atoms with E-state index in [2.05, 4.69) is 27.7 Å². The predicted molar refractivity (Wildman–Crippen MR) is 73.8 cm³/mol. The molecule has 98 valence electrons. The Morgan fingerprint density at radius 3 is 2.47 bits per heavy atom. The van der Waals surface area contributed by atoms with E-state index in [1.807, 2.05) is 0 Å². The van der Waals surface area contributed by atoms with Crippen LogP contribution >= 0.6 is 0 Å². The van der Waals surface area contributed by atoms with Crippen LogP contribution in [0.2, 0.25) is 0 Å². The maximum absolute atomic E-state index is 2.65. The van der Waals surface area contributed by atoms with Crippen LogP contribution in [-0.2, 0) is 0 Å². The van der Waals surface area contributed by atoms with Gasteiger partial charge in [0.15, 0.2) is 0 Å². The normalized spacial score (nSPS) is 57.2. The molecule has 0 aromatic carbocycles. The van der Waals surface area contributed by atoms with Gasteiger partial charge in [-0.1, -0.05) is 40.5 Å². The number of fused-ring (bicyclic) bond motifs is 3. The fourth-order valence-corrected chi connectivity index (χ4v) is 6.53. The predicted octanol–water partition coefficient (Wildman–Crippen LogP) is 5.13. The molecule has 0 spiro atoms.